The molecule has 2 fully saturated rings. The van der Waals surface area contributed by atoms with Crippen LogP contribution in [0.1, 0.15) is 26.2 Å². The fourth-order valence-electron chi connectivity index (χ4n) is 2.46. The van der Waals surface area contributed by atoms with Crippen molar-refractivity contribution in [3.63, 3.8) is 0 Å². The lowest BCUT2D eigenvalue weighted by Crippen LogP contribution is -2.35. The minimum atomic E-state index is -0.669. The number of nitrogens with zero attached hydrogens (tertiary/aromatic N) is 1. The molecule has 2 heterocycles. The van der Waals surface area contributed by atoms with E-state index in [4.69, 9.17) is 9.84 Å². The van der Waals surface area contributed by atoms with Gasteiger partial charge in [-0.15, -0.1) is 0 Å². The highest BCUT2D eigenvalue weighted by atomic mass is 16.5. The Morgan fingerprint density at radius 1 is 1.67 bits per heavy atom. The summed E-state index contributed by atoms with van der Waals surface area (Å²) in [5, 5.41) is 9.09. The number of carboxylic acid groups (broad SMARTS) is 1. The molecule has 2 unspecified atom stereocenters. The van der Waals surface area contributed by atoms with Gasteiger partial charge >= 0.3 is 5.97 Å². The number of ether oxygens (including phenoxy) is 1. The lowest BCUT2D eigenvalue weighted by Gasteiger charge is -2.22. The Morgan fingerprint density at radius 3 is 3.00 bits per heavy atom. The number of hydrogen-bond donors (Lipinski definition) is 1. The highest BCUT2D eigenvalue weighted by Crippen LogP contribution is 2.30. The summed E-state index contributed by atoms with van der Waals surface area (Å²) in [6.45, 7) is 5.17. The Balaban J connectivity index is 1.84. The zero-order valence-electron chi connectivity index (χ0n) is 9.24. The molecule has 86 valence electrons. The topological polar surface area (TPSA) is 49.8 Å². The van der Waals surface area contributed by atoms with Gasteiger partial charge in [0.25, 0.3) is 0 Å². The Bertz CT molecular complexity index is 250. The molecule has 0 aromatic rings. The van der Waals surface area contributed by atoms with E-state index in [0.717, 1.165) is 39.0 Å². The van der Waals surface area contributed by atoms with E-state index in [-0.39, 0.29) is 0 Å². The number of carboxylic acids is 1. The van der Waals surface area contributed by atoms with Crippen LogP contribution >= 0.6 is 0 Å². The van der Waals surface area contributed by atoms with E-state index < -0.39 is 11.4 Å². The molecule has 0 bridgehead atoms. The van der Waals surface area contributed by atoms with Crippen molar-refractivity contribution in [2.24, 2.45) is 5.41 Å². The normalized spacial score (nSPS) is 37.3. The molecule has 4 nitrogen and oxygen atoms in total. The highest BCUT2D eigenvalue weighted by molar-refractivity contribution is 5.74. The zero-order valence-corrected chi connectivity index (χ0v) is 9.24. The maximum atomic E-state index is 11.0. The lowest BCUT2D eigenvalue weighted by atomic mass is 9.90. The molecule has 2 rings (SSSR count). The maximum absolute atomic E-state index is 11.0. The van der Waals surface area contributed by atoms with Crippen molar-refractivity contribution in [1.29, 1.82) is 0 Å². The third-order valence-corrected chi connectivity index (χ3v) is 3.55. The molecule has 15 heavy (non-hydrogen) atoms. The SMILES string of the molecule is CC1(C(=O)O)CCN(CC2CCCO2)C1. The Morgan fingerprint density at radius 2 is 2.47 bits per heavy atom. The second-order valence-electron chi connectivity index (χ2n) is 4.99. The summed E-state index contributed by atoms with van der Waals surface area (Å²) in [4.78, 5) is 13.3. The monoisotopic (exact) mass is 213 g/mol. The lowest BCUT2D eigenvalue weighted by molar-refractivity contribution is -0.147. The Labute approximate surface area is 90.2 Å². The molecule has 2 atom stereocenters. The highest BCUT2D eigenvalue weighted by Gasteiger charge is 2.40. The first-order valence-electron chi connectivity index (χ1n) is 5.67. The van der Waals surface area contributed by atoms with Gasteiger partial charge in [0.15, 0.2) is 0 Å². The standard InChI is InChI=1S/C11H19NO3/c1-11(10(13)14)4-5-12(8-11)7-9-3-2-6-15-9/h9H,2-8H2,1H3,(H,13,14). The van der Waals surface area contributed by atoms with Crippen LogP contribution in [0.2, 0.25) is 0 Å². The second kappa shape index (κ2) is 4.10. The third kappa shape index (κ3) is 2.32. The number of rotatable bonds is 3. The van der Waals surface area contributed by atoms with E-state index in [1.54, 1.807) is 0 Å². The first kappa shape index (κ1) is 10.9. The Hall–Kier alpha value is -0.610. The van der Waals surface area contributed by atoms with Crippen LogP contribution in [0, 0.1) is 5.41 Å². The smallest absolute Gasteiger partial charge is 0.310 e. The molecular weight excluding hydrogens is 194 g/mol. The molecule has 4 heteroatoms. The summed E-state index contributed by atoms with van der Waals surface area (Å²) in [7, 11) is 0. The number of aliphatic carboxylic acids is 1. The molecule has 2 saturated heterocycles. The fourth-order valence-corrected chi connectivity index (χ4v) is 2.46. The van der Waals surface area contributed by atoms with Crippen LogP contribution in [0.3, 0.4) is 0 Å². The average Bonchev–Trinajstić information content (AvgIpc) is 2.77. The van der Waals surface area contributed by atoms with Gasteiger partial charge in [-0.25, -0.2) is 0 Å². The fraction of sp³-hybridized carbons (Fsp3) is 0.909. The number of likely N-dealkylation sites (tertiary alicyclic amines) is 1. The van der Waals surface area contributed by atoms with Crippen LogP contribution in [0.15, 0.2) is 0 Å². The van der Waals surface area contributed by atoms with Crippen molar-refractivity contribution in [1.82, 2.24) is 4.90 Å². The van der Waals surface area contributed by atoms with Crippen LogP contribution in [0.5, 0.6) is 0 Å². The summed E-state index contributed by atoms with van der Waals surface area (Å²) in [5.41, 5.74) is -0.543. The van der Waals surface area contributed by atoms with Crippen LogP contribution in [-0.2, 0) is 9.53 Å². The summed E-state index contributed by atoms with van der Waals surface area (Å²) < 4.78 is 5.55. The predicted octanol–water partition coefficient (Wildman–Crippen LogP) is 0.962. The summed E-state index contributed by atoms with van der Waals surface area (Å²) in [6.07, 6.45) is 3.37. The minimum Gasteiger partial charge on any atom is -0.481 e. The molecule has 0 aromatic carbocycles. The summed E-state index contributed by atoms with van der Waals surface area (Å²) in [5.74, 6) is -0.669. The minimum absolute atomic E-state index is 0.334. The van der Waals surface area contributed by atoms with Crippen LogP contribution in [0.25, 0.3) is 0 Å². The van der Waals surface area contributed by atoms with Gasteiger partial charge in [-0.3, -0.25) is 9.69 Å². The van der Waals surface area contributed by atoms with E-state index in [1.165, 1.54) is 0 Å². The van der Waals surface area contributed by atoms with Crippen molar-refractivity contribution >= 4 is 5.97 Å². The predicted molar refractivity (Wildman–Crippen MR) is 55.8 cm³/mol. The molecule has 0 spiro atoms. The molecule has 2 aliphatic heterocycles. The Kier molecular flexibility index (Phi) is 2.98. The molecule has 0 aliphatic carbocycles. The molecular formula is C11H19NO3. The van der Waals surface area contributed by atoms with Gasteiger partial charge in [0.2, 0.25) is 0 Å². The van der Waals surface area contributed by atoms with E-state index in [9.17, 15) is 4.79 Å². The van der Waals surface area contributed by atoms with Crippen LogP contribution in [-0.4, -0.2) is 48.3 Å². The van der Waals surface area contributed by atoms with E-state index >= 15 is 0 Å². The third-order valence-electron chi connectivity index (χ3n) is 3.55. The van der Waals surface area contributed by atoms with E-state index in [2.05, 4.69) is 4.90 Å². The quantitative estimate of drug-likeness (QED) is 0.758. The van der Waals surface area contributed by atoms with E-state index in [0.29, 0.717) is 12.6 Å². The molecule has 0 aromatic heterocycles. The van der Waals surface area contributed by atoms with Crippen LogP contribution < -0.4 is 0 Å². The molecule has 2 aliphatic rings. The summed E-state index contributed by atoms with van der Waals surface area (Å²) in [6, 6.07) is 0. The largest absolute Gasteiger partial charge is 0.481 e. The second-order valence-corrected chi connectivity index (χ2v) is 4.99. The van der Waals surface area contributed by atoms with Gasteiger partial charge in [0.05, 0.1) is 11.5 Å². The number of hydrogen-bond acceptors (Lipinski definition) is 3. The van der Waals surface area contributed by atoms with Crippen molar-refractivity contribution < 1.29 is 14.6 Å². The van der Waals surface area contributed by atoms with Gasteiger partial charge in [0, 0.05) is 19.7 Å². The van der Waals surface area contributed by atoms with Gasteiger partial charge in [-0.1, -0.05) is 0 Å². The molecule has 0 radical (unpaired) electrons. The van der Waals surface area contributed by atoms with Crippen molar-refractivity contribution in [2.45, 2.75) is 32.3 Å². The van der Waals surface area contributed by atoms with Crippen LogP contribution in [0.4, 0.5) is 0 Å². The van der Waals surface area contributed by atoms with Crippen molar-refractivity contribution in [3.05, 3.63) is 0 Å². The molecule has 0 amide bonds. The van der Waals surface area contributed by atoms with E-state index in [1.807, 2.05) is 6.92 Å². The zero-order chi connectivity index (χ0) is 10.9. The van der Waals surface area contributed by atoms with Gasteiger partial charge in [-0.05, 0) is 32.7 Å². The molecule has 0 saturated carbocycles. The first-order valence-corrected chi connectivity index (χ1v) is 5.67. The number of carbonyl (C=O) groups is 1. The van der Waals surface area contributed by atoms with Gasteiger partial charge < -0.3 is 9.84 Å². The van der Waals surface area contributed by atoms with Crippen molar-refractivity contribution in [3.8, 4) is 0 Å². The first-order chi connectivity index (χ1) is 7.10. The maximum Gasteiger partial charge on any atom is 0.310 e. The molecule has 1 N–H and O–H groups in total. The average molecular weight is 213 g/mol. The summed E-state index contributed by atoms with van der Waals surface area (Å²) >= 11 is 0. The van der Waals surface area contributed by atoms with Gasteiger partial charge in [0.1, 0.15) is 0 Å². The van der Waals surface area contributed by atoms with Crippen molar-refractivity contribution in [2.75, 3.05) is 26.2 Å². The van der Waals surface area contributed by atoms with Gasteiger partial charge in [-0.2, -0.15) is 0 Å².